The Kier molecular flexibility index (Phi) is 7.72. The van der Waals surface area contributed by atoms with Gasteiger partial charge in [-0.2, -0.15) is 10.2 Å². The molecule has 40 heavy (non-hydrogen) atoms. The zero-order valence-electron chi connectivity index (χ0n) is 24.9. The fourth-order valence-electron chi connectivity index (χ4n) is 6.49. The minimum atomic E-state index is -0.195. The summed E-state index contributed by atoms with van der Waals surface area (Å²) in [7, 11) is 0. The number of fused-ring (bicyclic) bond motifs is 1. The fraction of sp³-hybridized carbons (Fsp3) is 0.441. The number of carbonyl (C=O) groups excluding carboxylic acids is 1. The standard InChI is InChI=1S/C34H43N5O/c1-7-34(8-2,30-22-24(3)38(37-30)27-18-13-10-14-19-27)21-15-20-29(40)31-25(4)36-39-32(31)35-28(23-33(39,5)6)26-16-11-9-12-17-26/h9-14,16-19,22,28,35H,7-8,15,20-21,23H2,1-6H3/t28-/m1/s1. The Morgan fingerprint density at radius 2 is 1.65 bits per heavy atom. The Morgan fingerprint density at radius 3 is 2.30 bits per heavy atom. The van der Waals surface area contributed by atoms with E-state index in [1.165, 1.54) is 5.56 Å². The van der Waals surface area contributed by atoms with Crippen molar-refractivity contribution in [2.24, 2.45) is 0 Å². The summed E-state index contributed by atoms with van der Waals surface area (Å²) in [5, 5.41) is 13.6. The van der Waals surface area contributed by atoms with E-state index in [1.807, 2.05) is 40.6 Å². The van der Waals surface area contributed by atoms with E-state index in [9.17, 15) is 4.79 Å². The minimum absolute atomic E-state index is 0.0583. The predicted molar refractivity (Wildman–Crippen MR) is 162 cm³/mol. The van der Waals surface area contributed by atoms with Crippen molar-refractivity contribution in [1.29, 1.82) is 0 Å². The lowest BCUT2D eigenvalue weighted by Gasteiger charge is -2.38. The molecule has 210 valence electrons. The molecule has 2 aromatic carbocycles. The van der Waals surface area contributed by atoms with Gasteiger partial charge in [0.1, 0.15) is 5.82 Å². The molecular weight excluding hydrogens is 494 g/mol. The highest BCUT2D eigenvalue weighted by molar-refractivity contribution is 6.01. The number of benzene rings is 2. The van der Waals surface area contributed by atoms with Gasteiger partial charge in [-0.15, -0.1) is 0 Å². The van der Waals surface area contributed by atoms with Crippen LogP contribution < -0.4 is 5.32 Å². The molecule has 0 saturated heterocycles. The second-order valence-electron chi connectivity index (χ2n) is 12.0. The highest BCUT2D eigenvalue weighted by Gasteiger charge is 2.38. The van der Waals surface area contributed by atoms with E-state index in [0.29, 0.717) is 6.42 Å². The monoisotopic (exact) mass is 537 g/mol. The third-order valence-electron chi connectivity index (χ3n) is 8.97. The SMILES string of the molecule is CCC(CC)(CCCC(=O)c1c(C)nn2c1N[C@@H](c1ccccc1)CC2(C)C)c1cc(C)n(-c2ccccc2)n1. The lowest BCUT2D eigenvalue weighted by atomic mass is 9.75. The molecule has 0 bridgehead atoms. The smallest absolute Gasteiger partial charge is 0.168 e. The number of rotatable bonds is 10. The van der Waals surface area contributed by atoms with Crippen molar-refractivity contribution in [1.82, 2.24) is 19.6 Å². The van der Waals surface area contributed by atoms with Gasteiger partial charge in [0, 0.05) is 17.5 Å². The number of aryl methyl sites for hydroxylation is 2. The number of ketones is 1. The summed E-state index contributed by atoms with van der Waals surface area (Å²) in [6.07, 6.45) is 5.11. The molecular formula is C34H43N5O. The van der Waals surface area contributed by atoms with Crippen LogP contribution in [0.3, 0.4) is 0 Å². The lowest BCUT2D eigenvalue weighted by Crippen LogP contribution is -2.38. The van der Waals surface area contributed by atoms with Gasteiger partial charge in [-0.25, -0.2) is 9.36 Å². The Hall–Kier alpha value is -3.67. The molecule has 3 heterocycles. The van der Waals surface area contributed by atoms with Gasteiger partial charge in [-0.05, 0) is 83.6 Å². The Bertz CT molecular complexity index is 1460. The van der Waals surface area contributed by atoms with E-state index in [0.717, 1.165) is 66.3 Å². The number of hydrogen-bond acceptors (Lipinski definition) is 4. The molecule has 4 aromatic rings. The number of carbonyl (C=O) groups is 1. The maximum atomic E-state index is 13.8. The predicted octanol–water partition coefficient (Wildman–Crippen LogP) is 8.09. The number of aromatic nitrogens is 4. The maximum absolute atomic E-state index is 13.8. The van der Waals surface area contributed by atoms with Gasteiger partial charge >= 0.3 is 0 Å². The van der Waals surface area contributed by atoms with Crippen LogP contribution >= 0.6 is 0 Å². The van der Waals surface area contributed by atoms with E-state index >= 15 is 0 Å². The topological polar surface area (TPSA) is 64.7 Å². The first-order valence-electron chi connectivity index (χ1n) is 14.8. The molecule has 0 radical (unpaired) electrons. The second kappa shape index (κ2) is 11.1. The highest BCUT2D eigenvalue weighted by atomic mass is 16.1. The van der Waals surface area contributed by atoms with Crippen LogP contribution in [0.15, 0.2) is 66.7 Å². The number of hydrogen-bond donors (Lipinski definition) is 1. The normalized spacial score (nSPS) is 16.4. The maximum Gasteiger partial charge on any atom is 0.168 e. The first-order chi connectivity index (χ1) is 19.2. The zero-order chi connectivity index (χ0) is 28.5. The quantitative estimate of drug-likeness (QED) is 0.208. The number of Topliss-reactive ketones (excluding diaryl/α,β-unsaturated/α-hetero) is 1. The summed E-state index contributed by atoms with van der Waals surface area (Å²) in [5.74, 6) is 1.03. The van der Waals surface area contributed by atoms with E-state index < -0.39 is 0 Å². The number of nitrogens with one attached hydrogen (secondary N) is 1. The van der Waals surface area contributed by atoms with Crippen molar-refractivity contribution in [3.05, 3.63) is 94.9 Å². The summed E-state index contributed by atoms with van der Waals surface area (Å²) in [4.78, 5) is 13.8. The minimum Gasteiger partial charge on any atom is -0.363 e. The Balaban J connectivity index is 1.35. The van der Waals surface area contributed by atoms with Crippen LogP contribution in [-0.4, -0.2) is 25.3 Å². The molecule has 0 amide bonds. The zero-order valence-corrected chi connectivity index (χ0v) is 24.9. The van der Waals surface area contributed by atoms with E-state index in [4.69, 9.17) is 10.2 Å². The average molecular weight is 538 g/mol. The molecule has 0 saturated carbocycles. The Morgan fingerprint density at radius 1 is 1.00 bits per heavy atom. The summed E-state index contributed by atoms with van der Waals surface area (Å²) < 4.78 is 4.08. The molecule has 1 aliphatic rings. The van der Waals surface area contributed by atoms with Crippen molar-refractivity contribution in [2.45, 2.75) is 97.1 Å². The molecule has 1 aliphatic heterocycles. The first kappa shape index (κ1) is 27.9. The van der Waals surface area contributed by atoms with Gasteiger partial charge in [-0.3, -0.25) is 4.79 Å². The van der Waals surface area contributed by atoms with Crippen LogP contribution in [0.25, 0.3) is 5.69 Å². The first-order valence-corrected chi connectivity index (χ1v) is 14.8. The van der Waals surface area contributed by atoms with Crippen LogP contribution in [0.4, 0.5) is 5.82 Å². The van der Waals surface area contributed by atoms with E-state index in [2.05, 4.69) is 82.4 Å². The van der Waals surface area contributed by atoms with Crippen LogP contribution in [0.5, 0.6) is 0 Å². The van der Waals surface area contributed by atoms with Gasteiger partial charge < -0.3 is 5.32 Å². The van der Waals surface area contributed by atoms with Crippen molar-refractivity contribution in [3.63, 3.8) is 0 Å². The van der Waals surface area contributed by atoms with Gasteiger partial charge in [0.25, 0.3) is 0 Å². The van der Waals surface area contributed by atoms with Crippen LogP contribution in [0, 0.1) is 13.8 Å². The molecule has 6 heteroatoms. The fourth-order valence-corrected chi connectivity index (χ4v) is 6.49. The summed E-state index contributed by atoms with van der Waals surface area (Å²) in [5.41, 5.74) is 5.87. The van der Waals surface area contributed by atoms with Gasteiger partial charge in [0.2, 0.25) is 0 Å². The molecule has 6 nitrogen and oxygen atoms in total. The summed E-state index contributed by atoms with van der Waals surface area (Å²) >= 11 is 0. The van der Waals surface area contributed by atoms with Gasteiger partial charge in [0.05, 0.1) is 34.2 Å². The molecule has 0 unspecified atom stereocenters. The molecule has 1 N–H and O–H groups in total. The van der Waals surface area contributed by atoms with Crippen molar-refractivity contribution in [3.8, 4) is 5.69 Å². The summed E-state index contributed by atoms with van der Waals surface area (Å²) in [6.45, 7) is 13.0. The molecule has 2 aromatic heterocycles. The molecule has 1 atom stereocenters. The van der Waals surface area contributed by atoms with Crippen LogP contribution in [0.1, 0.15) is 105 Å². The molecule has 0 fully saturated rings. The number of anilines is 1. The van der Waals surface area contributed by atoms with Crippen molar-refractivity contribution < 1.29 is 4.79 Å². The van der Waals surface area contributed by atoms with Crippen molar-refractivity contribution in [2.75, 3.05) is 5.32 Å². The molecule has 0 spiro atoms. The molecule has 5 rings (SSSR count). The van der Waals surface area contributed by atoms with E-state index in [1.54, 1.807) is 0 Å². The van der Waals surface area contributed by atoms with E-state index in [-0.39, 0.29) is 22.8 Å². The molecule has 0 aliphatic carbocycles. The third-order valence-corrected chi connectivity index (χ3v) is 8.97. The largest absolute Gasteiger partial charge is 0.363 e. The number of para-hydroxylation sites is 1. The Labute approximate surface area is 238 Å². The third kappa shape index (κ3) is 5.12. The average Bonchev–Trinajstić information content (AvgIpc) is 3.52. The van der Waals surface area contributed by atoms with Crippen molar-refractivity contribution >= 4 is 11.6 Å². The van der Waals surface area contributed by atoms with Gasteiger partial charge in [-0.1, -0.05) is 62.4 Å². The number of nitrogens with zero attached hydrogens (tertiary/aromatic N) is 4. The highest BCUT2D eigenvalue weighted by Crippen LogP contribution is 2.42. The van der Waals surface area contributed by atoms with Crippen LogP contribution in [0.2, 0.25) is 0 Å². The van der Waals surface area contributed by atoms with Crippen LogP contribution in [-0.2, 0) is 11.0 Å². The lowest BCUT2D eigenvalue weighted by molar-refractivity contribution is 0.0975. The van der Waals surface area contributed by atoms with Gasteiger partial charge in [0.15, 0.2) is 5.78 Å². The summed E-state index contributed by atoms with van der Waals surface area (Å²) in [6, 6.07) is 23.2. The second-order valence-corrected chi connectivity index (χ2v) is 12.0.